The Balaban J connectivity index is 2.36. The predicted molar refractivity (Wildman–Crippen MR) is 45.1 cm³/mol. The van der Waals surface area contributed by atoms with Crippen molar-refractivity contribution in [3.8, 4) is 0 Å². The van der Waals surface area contributed by atoms with E-state index in [4.69, 9.17) is 23.2 Å². The smallest absolute Gasteiger partial charge is 0.151 e. The maximum Gasteiger partial charge on any atom is 0.151 e. The third-order valence-corrected chi connectivity index (χ3v) is 2.48. The number of aromatic nitrogens is 2. The van der Waals surface area contributed by atoms with E-state index in [0.717, 1.165) is 5.69 Å². The quantitative estimate of drug-likeness (QED) is 0.657. The largest absolute Gasteiger partial charge is 0.329 e. The zero-order valence-corrected chi connectivity index (χ0v) is 7.44. The molecule has 0 aliphatic heterocycles. The molecule has 1 aromatic rings. The Labute approximate surface area is 75.1 Å². The van der Waals surface area contributed by atoms with Crippen molar-refractivity contribution in [2.45, 2.75) is 24.8 Å². The van der Waals surface area contributed by atoms with Gasteiger partial charge in [-0.2, -0.15) is 0 Å². The maximum absolute atomic E-state index is 5.80. The molecular weight excluding hydrogens is 183 g/mol. The van der Waals surface area contributed by atoms with Crippen molar-refractivity contribution in [3.63, 3.8) is 0 Å². The number of halogens is 2. The molecule has 0 aromatic carbocycles. The van der Waals surface area contributed by atoms with E-state index in [2.05, 4.69) is 9.55 Å². The van der Waals surface area contributed by atoms with Gasteiger partial charge >= 0.3 is 0 Å². The van der Waals surface area contributed by atoms with Gasteiger partial charge in [-0.1, -0.05) is 11.6 Å². The Morgan fingerprint density at radius 1 is 1.64 bits per heavy atom. The molecule has 1 heterocycles. The molecule has 0 radical (unpaired) electrons. The maximum atomic E-state index is 5.80. The second-order valence-electron chi connectivity index (χ2n) is 2.75. The van der Waals surface area contributed by atoms with Crippen molar-refractivity contribution in [1.82, 2.24) is 9.55 Å². The normalized spacial score (nSPS) is 17.3. The van der Waals surface area contributed by atoms with Crippen LogP contribution in [0.5, 0.6) is 0 Å². The van der Waals surface area contributed by atoms with E-state index >= 15 is 0 Å². The molecule has 1 saturated carbocycles. The first-order chi connectivity index (χ1) is 5.33. The lowest BCUT2D eigenvalue weighted by atomic mass is 10.5. The lowest BCUT2D eigenvalue weighted by Gasteiger charge is -2.01. The van der Waals surface area contributed by atoms with Crippen LogP contribution in [0.25, 0.3) is 0 Å². The van der Waals surface area contributed by atoms with Crippen molar-refractivity contribution in [2.75, 3.05) is 0 Å². The van der Waals surface area contributed by atoms with E-state index in [1.807, 2.05) is 0 Å². The SMILES string of the molecule is ClCc1c(Cl)ncn1C1CC1. The number of imidazole rings is 1. The van der Waals surface area contributed by atoms with E-state index in [0.29, 0.717) is 17.1 Å². The van der Waals surface area contributed by atoms with Crippen LogP contribution in [0, 0.1) is 0 Å². The molecule has 0 spiro atoms. The molecular formula is C7H8Cl2N2. The summed E-state index contributed by atoms with van der Waals surface area (Å²) in [6, 6.07) is 0.615. The summed E-state index contributed by atoms with van der Waals surface area (Å²) < 4.78 is 2.08. The molecule has 0 N–H and O–H groups in total. The summed E-state index contributed by atoms with van der Waals surface area (Å²) in [6.07, 6.45) is 4.24. The minimum absolute atomic E-state index is 0.454. The molecule has 1 fully saturated rings. The average Bonchev–Trinajstić information content (AvgIpc) is 2.76. The fourth-order valence-electron chi connectivity index (χ4n) is 1.16. The van der Waals surface area contributed by atoms with Gasteiger partial charge in [0.2, 0.25) is 0 Å². The molecule has 0 bridgehead atoms. The van der Waals surface area contributed by atoms with E-state index < -0.39 is 0 Å². The van der Waals surface area contributed by atoms with E-state index in [1.165, 1.54) is 12.8 Å². The number of rotatable bonds is 2. The highest BCUT2D eigenvalue weighted by Gasteiger charge is 2.26. The molecule has 2 rings (SSSR count). The lowest BCUT2D eigenvalue weighted by molar-refractivity contribution is 0.713. The van der Waals surface area contributed by atoms with Crippen LogP contribution in [-0.4, -0.2) is 9.55 Å². The summed E-state index contributed by atoms with van der Waals surface area (Å²) in [7, 11) is 0. The Morgan fingerprint density at radius 3 is 2.91 bits per heavy atom. The second kappa shape index (κ2) is 2.68. The van der Waals surface area contributed by atoms with Crippen LogP contribution in [0.3, 0.4) is 0 Å². The van der Waals surface area contributed by atoms with Crippen LogP contribution in [0.4, 0.5) is 0 Å². The zero-order valence-electron chi connectivity index (χ0n) is 5.93. The van der Waals surface area contributed by atoms with Crippen molar-refractivity contribution in [1.29, 1.82) is 0 Å². The topological polar surface area (TPSA) is 17.8 Å². The zero-order chi connectivity index (χ0) is 7.84. The molecule has 2 nitrogen and oxygen atoms in total. The summed E-state index contributed by atoms with van der Waals surface area (Å²) in [5.74, 6) is 0.454. The molecule has 4 heteroatoms. The molecule has 1 aromatic heterocycles. The molecule has 1 aliphatic rings. The van der Waals surface area contributed by atoms with Gasteiger partial charge in [0.25, 0.3) is 0 Å². The van der Waals surface area contributed by atoms with Gasteiger partial charge in [0.05, 0.1) is 17.9 Å². The van der Waals surface area contributed by atoms with Crippen LogP contribution in [0.2, 0.25) is 5.15 Å². The van der Waals surface area contributed by atoms with Crippen molar-refractivity contribution in [3.05, 3.63) is 17.2 Å². The standard InChI is InChI=1S/C7H8Cl2N2/c8-3-6-7(9)10-4-11(6)5-1-2-5/h4-5H,1-3H2. The third-order valence-electron chi connectivity index (χ3n) is 1.91. The summed E-state index contributed by atoms with van der Waals surface area (Å²) >= 11 is 11.5. The van der Waals surface area contributed by atoms with Gasteiger partial charge in [0, 0.05) is 6.04 Å². The lowest BCUT2D eigenvalue weighted by Crippen LogP contribution is -1.96. The monoisotopic (exact) mass is 190 g/mol. The first-order valence-corrected chi connectivity index (χ1v) is 4.51. The summed E-state index contributed by atoms with van der Waals surface area (Å²) in [6.45, 7) is 0. The van der Waals surface area contributed by atoms with E-state index in [9.17, 15) is 0 Å². The van der Waals surface area contributed by atoms with Gasteiger partial charge in [-0.25, -0.2) is 4.98 Å². The van der Waals surface area contributed by atoms with Crippen molar-refractivity contribution >= 4 is 23.2 Å². The van der Waals surface area contributed by atoms with Gasteiger partial charge in [-0.15, -0.1) is 11.6 Å². The highest BCUT2D eigenvalue weighted by atomic mass is 35.5. The Morgan fingerprint density at radius 2 is 2.36 bits per heavy atom. The van der Waals surface area contributed by atoms with Gasteiger partial charge in [0.15, 0.2) is 5.15 Å². The highest BCUT2D eigenvalue weighted by Crippen LogP contribution is 2.37. The number of hydrogen-bond acceptors (Lipinski definition) is 1. The van der Waals surface area contributed by atoms with Crippen molar-refractivity contribution < 1.29 is 0 Å². The molecule has 0 atom stereocenters. The number of nitrogens with zero attached hydrogens (tertiary/aromatic N) is 2. The Bertz CT molecular complexity index is 265. The van der Waals surface area contributed by atoms with E-state index in [1.54, 1.807) is 6.33 Å². The Kier molecular flexibility index (Phi) is 1.81. The molecule has 1 aliphatic carbocycles. The van der Waals surface area contributed by atoms with Crippen LogP contribution >= 0.6 is 23.2 Å². The molecule has 0 amide bonds. The first kappa shape index (κ1) is 7.44. The molecule has 0 saturated heterocycles. The second-order valence-corrected chi connectivity index (χ2v) is 3.38. The number of hydrogen-bond donors (Lipinski definition) is 0. The van der Waals surface area contributed by atoms with Gasteiger partial charge in [-0.05, 0) is 12.8 Å². The van der Waals surface area contributed by atoms with Crippen molar-refractivity contribution in [2.24, 2.45) is 0 Å². The van der Waals surface area contributed by atoms with Crippen LogP contribution in [-0.2, 0) is 5.88 Å². The Hall–Kier alpha value is -0.210. The van der Waals surface area contributed by atoms with Crippen LogP contribution < -0.4 is 0 Å². The summed E-state index contributed by atoms with van der Waals surface area (Å²) in [5, 5.41) is 0.548. The first-order valence-electron chi connectivity index (χ1n) is 3.60. The molecule has 11 heavy (non-hydrogen) atoms. The van der Waals surface area contributed by atoms with E-state index in [-0.39, 0.29) is 0 Å². The fourth-order valence-corrected chi connectivity index (χ4v) is 1.70. The third kappa shape index (κ3) is 1.25. The van der Waals surface area contributed by atoms with Gasteiger partial charge in [0.1, 0.15) is 0 Å². The number of alkyl halides is 1. The average molecular weight is 191 g/mol. The van der Waals surface area contributed by atoms with Gasteiger partial charge < -0.3 is 4.57 Å². The summed E-state index contributed by atoms with van der Waals surface area (Å²) in [4.78, 5) is 3.99. The predicted octanol–water partition coefficient (Wildman–Crippen LogP) is 2.61. The summed E-state index contributed by atoms with van der Waals surface area (Å²) in [5.41, 5.74) is 0.954. The van der Waals surface area contributed by atoms with Crippen LogP contribution in [0.1, 0.15) is 24.6 Å². The minimum Gasteiger partial charge on any atom is -0.329 e. The molecule has 0 unspecified atom stereocenters. The highest BCUT2D eigenvalue weighted by molar-refractivity contribution is 6.31. The van der Waals surface area contributed by atoms with Gasteiger partial charge in [-0.3, -0.25) is 0 Å². The fraction of sp³-hybridized carbons (Fsp3) is 0.571. The van der Waals surface area contributed by atoms with Crippen LogP contribution in [0.15, 0.2) is 6.33 Å². The minimum atomic E-state index is 0.454. The molecule has 60 valence electrons.